The summed E-state index contributed by atoms with van der Waals surface area (Å²) >= 11 is 7.93. The molecule has 1 heterocycles. The fourth-order valence-electron chi connectivity index (χ4n) is 5.06. The van der Waals surface area contributed by atoms with Crippen molar-refractivity contribution in [3.63, 3.8) is 0 Å². The Kier molecular flexibility index (Phi) is 5.22. The standard InChI is InChI=1S/C24H21ClFIN2O/c25-15-1-3-16(4-2-15)29-23(30)19-13-24(19)8-5-14(6-9-24)17-7-10-28-22-12-21(27)20(26)11-18(17)22/h1-4,7,10-12,14,19H,5-6,8-9,13H2,(H,29,30). The molecule has 2 aliphatic carbocycles. The predicted octanol–water partition coefficient (Wildman–Crippen LogP) is 6.93. The second-order valence-corrected chi connectivity index (χ2v) is 10.2. The number of carbonyl (C=O) groups excluding carboxylic acids is 1. The minimum atomic E-state index is -0.189. The number of hydrogen-bond donors (Lipinski definition) is 1. The van der Waals surface area contributed by atoms with E-state index in [1.54, 1.807) is 18.2 Å². The van der Waals surface area contributed by atoms with Gasteiger partial charge < -0.3 is 5.32 Å². The molecule has 0 saturated heterocycles. The number of pyridine rings is 1. The Morgan fingerprint density at radius 1 is 1.17 bits per heavy atom. The minimum Gasteiger partial charge on any atom is -0.326 e. The molecule has 1 spiro atoms. The fraction of sp³-hybridized carbons (Fsp3) is 0.333. The van der Waals surface area contributed by atoms with E-state index in [2.05, 4.69) is 10.3 Å². The Balaban J connectivity index is 1.27. The Labute approximate surface area is 193 Å². The summed E-state index contributed by atoms with van der Waals surface area (Å²) in [5, 5.41) is 4.61. The summed E-state index contributed by atoms with van der Waals surface area (Å²) in [7, 11) is 0. The summed E-state index contributed by atoms with van der Waals surface area (Å²) in [4.78, 5) is 17.2. The van der Waals surface area contributed by atoms with Gasteiger partial charge in [0.05, 0.1) is 9.09 Å². The number of halogens is 3. The largest absolute Gasteiger partial charge is 0.326 e. The van der Waals surface area contributed by atoms with Gasteiger partial charge in [-0.3, -0.25) is 9.78 Å². The maximum Gasteiger partial charge on any atom is 0.228 e. The molecule has 1 amide bonds. The molecule has 154 valence electrons. The van der Waals surface area contributed by atoms with Crippen molar-refractivity contribution in [3.05, 3.63) is 68.6 Å². The van der Waals surface area contributed by atoms with Crippen molar-refractivity contribution in [3.8, 4) is 0 Å². The quantitative estimate of drug-likeness (QED) is 0.370. The number of anilines is 1. The van der Waals surface area contributed by atoms with Crippen LogP contribution in [0.15, 0.2) is 48.7 Å². The third-order valence-electron chi connectivity index (χ3n) is 6.86. The van der Waals surface area contributed by atoms with Crippen LogP contribution in [-0.4, -0.2) is 10.9 Å². The van der Waals surface area contributed by atoms with Crippen LogP contribution >= 0.6 is 34.2 Å². The van der Waals surface area contributed by atoms with Gasteiger partial charge in [-0.1, -0.05) is 11.6 Å². The number of nitrogens with zero attached hydrogens (tertiary/aromatic N) is 1. The molecule has 0 bridgehead atoms. The molecule has 3 aromatic rings. The van der Waals surface area contributed by atoms with Crippen LogP contribution in [0.4, 0.5) is 10.1 Å². The van der Waals surface area contributed by atoms with Crippen LogP contribution in [0.3, 0.4) is 0 Å². The summed E-state index contributed by atoms with van der Waals surface area (Å²) in [6.45, 7) is 0. The van der Waals surface area contributed by atoms with Gasteiger partial charge in [0.15, 0.2) is 0 Å². The molecule has 6 heteroatoms. The molecular formula is C24H21ClFIN2O. The van der Waals surface area contributed by atoms with E-state index in [-0.39, 0.29) is 23.1 Å². The van der Waals surface area contributed by atoms with Crippen LogP contribution in [-0.2, 0) is 4.79 Å². The van der Waals surface area contributed by atoms with Gasteiger partial charge in [0.1, 0.15) is 5.82 Å². The van der Waals surface area contributed by atoms with Gasteiger partial charge in [-0.2, -0.15) is 0 Å². The Hall–Kier alpha value is -1.73. The SMILES string of the molecule is O=C(Nc1ccc(Cl)cc1)C1CC12CCC(c1ccnc3cc(I)c(F)cc13)CC2. The van der Waals surface area contributed by atoms with E-state index < -0.39 is 0 Å². The van der Waals surface area contributed by atoms with Crippen LogP contribution in [0.25, 0.3) is 10.9 Å². The number of amides is 1. The molecule has 0 radical (unpaired) electrons. The van der Waals surface area contributed by atoms with Crippen LogP contribution in [0.1, 0.15) is 43.6 Å². The van der Waals surface area contributed by atoms with Crippen molar-refractivity contribution in [1.82, 2.24) is 4.98 Å². The van der Waals surface area contributed by atoms with Crippen molar-refractivity contribution in [2.45, 2.75) is 38.0 Å². The van der Waals surface area contributed by atoms with E-state index >= 15 is 0 Å². The highest BCUT2D eigenvalue weighted by molar-refractivity contribution is 14.1. The molecule has 2 aromatic carbocycles. The monoisotopic (exact) mass is 534 g/mol. The molecule has 30 heavy (non-hydrogen) atoms. The molecule has 2 saturated carbocycles. The highest BCUT2D eigenvalue weighted by Gasteiger charge is 2.58. The zero-order valence-electron chi connectivity index (χ0n) is 16.3. The summed E-state index contributed by atoms with van der Waals surface area (Å²) in [6, 6.07) is 12.7. The first kappa shape index (κ1) is 20.2. The van der Waals surface area contributed by atoms with Gasteiger partial charge in [-0.05, 0) is 114 Å². The van der Waals surface area contributed by atoms with E-state index in [9.17, 15) is 9.18 Å². The Morgan fingerprint density at radius 3 is 2.63 bits per heavy atom. The van der Waals surface area contributed by atoms with Crippen LogP contribution in [0.5, 0.6) is 0 Å². The number of nitrogens with one attached hydrogen (secondary N) is 1. The zero-order valence-corrected chi connectivity index (χ0v) is 19.2. The van der Waals surface area contributed by atoms with E-state index in [1.807, 2.05) is 53.1 Å². The maximum atomic E-state index is 14.2. The van der Waals surface area contributed by atoms with Crippen LogP contribution in [0, 0.1) is 20.7 Å². The van der Waals surface area contributed by atoms with Gasteiger partial charge in [0, 0.05) is 28.2 Å². The minimum absolute atomic E-state index is 0.0855. The maximum absolute atomic E-state index is 14.2. The highest BCUT2D eigenvalue weighted by atomic mass is 127. The summed E-state index contributed by atoms with van der Waals surface area (Å²) in [5.41, 5.74) is 2.97. The normalized spacial score (nSPS) is 25.4. The van der Waals surface area contributed by atoms with Gasteiger partial charge in [-0.25, -0.2) is 4.39 Å². The first-order chi connectivity index (χ1) is 14.4. The summed E-state index contributed by atoms with van der Waals surface area (Å²) < 4.78 is 14.8. The average Bonchev–Trinajstić information content (AvgIpc) is 3.44. The molecule has 1 aromatic heterocycles. The topological polar surface area (TPSA) is 42.0 Å². The van der Waals surface area contributed by atoms with E-state index in [0.29, 0.717) is 14.5 Å². The molecule has 5 rings (SSSR count). The molecule has 0 aliphatic heterocycles. The summed E-state index contributed by atoms with van der Waals surface area (Å²) in [6.07, 6.45) is 6.91. The molecule has 3 nitrogen and oxygen atoms in total. The van der Waals surface area contributed by atoms with Gasteiger partial charge in [-0.15, -0.1) is 0 Å². The van der Waals surface area contributed by atoms with Crippen LogP contribution < -0.4 is 5.32 Å². The lowest BCUT2D eigenvalue weighted by Gasteiger charge is -2.30. The number of rotatable bonds is 3. The Morgan fingerprint density at radius 2 is 1.90 bits per heavy atom. The van der Waals surface area contributed by atoms with Crippen molar-refractivity contribution >= 4 is 56.7 Å². The lowest BCUT2D eigenvalue weighted by Crippen LogP contribution is -2.22. The number of aromatic nitrogens is 1. The van der Waals surface area contributed by atoms with Gasteiger partial charge in [0.25, 0.3) is 0 Å². The van der Waals surface area contributed by atoms with Crippen molar-refractivity contribution in [1.29, 1.82) is 0 Å². The lowest BCUT2D eigenvalue weighted by atomic mass is 9.75. The fourth-order valence-corrected chi connectivity index (χ4v) is 5.63. The van der Waals surface area contributed by atoms with E-state index in [0.717, 1.165) is 48.7 Å². The van der Waals surface area contributed by atoms with E-state index in [4.69, 9.17) is 11.6 Å². The number of hydrogen-bond acceptors (Lipinski definition) is 2. The first-order valence-electron chi connectivity index (χ1n) is 10.3. The highest BCUT2D eigenvalue weighted by Crippen LogP contribution is 2.63. The third kappa shape index (κ3) is 3.71. The smallest absolute Gasteiger partial charge is 0.228 e. The number of fused-ring (bicyclic) bond motifs is 1. The predicted molar refractivity (Wildman–Crippen MR) is 126 cm³/mol. The Bertz CT molecular complexity index is 1130. The zero-order chi connectivity index (χ0) is 20.9. The third-order valence-corrected chi connectivity index (χ3v) is 7.94. The number of benzene rings is 2. The second kappa shape index (κ2) is 7.75. The number of carbonyl (C=O) groups is 1. The molecule has 2 aliphatic rings. The van der Waals surface area contributed by atoms with Gasteiger partial charge in [0.2, 0.25) is 5.91 Å². The summed E-state index contributed by atoms with van der Waals surface area (Å²) in [5.74, 6) is 0.399. The lowest BCUT2D eigenvalue weighted by molar-refractivity contribution is -0.118. The molecule has 1 N–H and O–H groups in total. The molecule has 1 atom stereocenters. The van der Waals surface area contributed by atoms with Gasteiger partial charge >= 0.3 is 0 Å². The molecule has 1 unspecified atom stereocenters. The van der Waals surface area contributed by atoms with E-state index in [1.165, 1.54) is 5.56 Å². The second-order valence-electron chi connectivity index (χ2n) is 8.57. The van der Waals surface area contributed by atoms with Crippen molar-refractivity contribution in [2.24, 2.45) is 11.3 Å². The average molecular weight is 535 g/mol. The first-order valence-corrected chi connectivity index (χ1v) is 11.7. The van der Waals surface area contributed by atoms with Crippen molar-refractivity contribution in [2.75, 3.05) is 5.32 Å². The molecular weight excluding hydrogens is 514 g/mol. The molecule has 2 fully saturated rings. The van der Waals surface area contributed by atoms with Crippen LogP contribution in [0.2, 0.25) is 5.02 Å². The van der Waals surface area contributed by atoms with Crippen molar-refractivity contribution < 1.29 is 9.18 Å².